The molecule has 4 nitrogen and oxygen atoms in total. The SMILES string of the molecule is N#Cc1cccnc1N1CCOc2ccc(F)cc2C1. The molecule has 0 unspecified atom stereocenters. The van der Waals surface area contributed by atoms with Gasteiger partial charge in [-0.25, -0.2) is 9.37 Å². The van der Waals surface area contributed by atoms with E-state index in [-0.39, 0.29) is 5.82 Å². The highest BCUT2D eigenvalue weighted by Crippen LogP contribution is 2.27. The van der Waals surface area contributed by atoms with Crippen molar-refractivity contribution >= 4 is 5.82 Å². The van der Waals surface area contributed by atoms with E-state index in [1.807, 2.05) is 4.90 Å². The van der Waals surface area contributed by atoms with Gasteiger partial charge in [0.2, 0.25) is 0 Å². The molecule has 5 heteroatoms. The number of ether oxygens (including phenoxy) is 1. The number of fused-ring (bicyclic) bond motifs is 1. The molecule has 0 radical (unpaired) electrons. The van der Waals surface area contributed by atoms with Crippen molar-refractivity contribution < 1.29 is 9.13 Å². The van der Waals surface area contributed by atoms with Crippen molar-refractivity contribution in [2.24, 2.45) is 0 Å². The Morgan fingerprint density at radius 3 is 3.10 bits per heavy atom. The summed E-state index contributed by atoms with van der Waals surface area (Å²) < 4.78 is 19.0. The monoisotopic (exact) mass is 269 g/mol. The van der Waals surface area contributed by atoms with Crippen LogP contribution in [0.15, 0.2) is 36.5 Å². The lowest BCUT2D eigenvalue weighted by molar-refractivity contribution is 0.331. The number of aromatic nitrogens is 1. The normalized spacial score (nSPS) is 13.9. The van der Waals surface area contributed by atoms with Crippen LogP contribution in [0.1, 0.15) is 11.1 Å². The zero-order chi connectivity index (χ0) is 13.9. The first-order valence-corrected chi connectivity index (χ1v) is 6.29. The van der Waals surface area contributed by atoms with Gasteiger partial charge < -0.3 is 9.64 Å². The van der Waals surface area contributed by atoms with Gasteiger partial charge in [0.15, 0.2) is 0 Å². The van der Waals surface area contributed by atoms with Crippen molar-refractivity contribution in [2.45, 2.75) is 6.54 Å². The molecule has 1 aromatic heterocycles. The molecule has 0 saturated carbocycles. The quantitative estimate of drug-likeness (QED) is 0.798. The van der Waals surface area contributed by atoms with Crippen LogP contribution in [0.5, 0.6) is 5.75 Å². The molecule has 1 aliphatic heterocycles. The van der Waals surface area contributed by atoms with Crippen LogP contribution in [0.25, 0.3) is 0 Å². The third-order valence-corrected chi connectivity index (χ3v) is 3.21. The molecule has 2 heterocycles. The molecule has 0 saturated heterocycles. The van der Waals surface area contributed by atoms with Crippen LogP contribution in [-0.2, 0) is 6.54 Å². The highest BCUT2D eigenvalue weighted by Gasteiger charge is 2.19. The van der Waals surface area contributed by atoms with Crippen LogP contribution in [0.2, 0.25) is 0 Å². The Kier molecular flexibility index (Phi) is 3.21. The lowest BCUT2D eigenvalue weighted by Gasteiger charge is -2.21. The van der Waals surface area contributed by atoms with E-state index in [2.05, 4.69) is 11.1 Å². The molecule has 100 valence electrons. The first-order valence-electron chi connectivity index (χ1n) is 6.29. The molecule has 0 bridgehead atoms. The van der Waals surface area contributed by atoms with Gasteiger partial charge in [0.05, 0.1) is 12.1 Å². The molecule has 0 amide bonds. The predicted octanol–water partition coefficient (Wildman–Crippen LogP) is 2.49. The maximum Gasteiger partial charge on any atom is 0.146 e. The van der Waals surface area contributed by atoms with E-state index >= 15 is 0 Å². The zero-order valence-electron chi connectivity index (χ0n) is 10.7. The second-order valence-corrected chi connectivity index (χ2v) is 4.51. The van der Waals surface area contributed by atoms with Crippen molar-refractivity contribution in [3.05, 3.63) is 53.5 Å². The molecule has 0 N–H and O–H groups in total. The number of benzene rings is 1. The van der Waals surface area contributed by atoms with Gasteiger partial charge in [0, 0.05) is 18.3 Å². The number of anilines is 1. The number of hydrogen-bond donors (Lipinski definition) is 0. The van der Waals surface area contributed by atoms with E-state index in [1.54, 1.807) is 24.4 Å². The summed E-state index contributed by atoms with van der Waals surface area (Å²) in [5, 5.41) is 9.15. The molecular weight excluding hydrogens is 257 g/mol. The van der Waals surface area contributed by atoms with Crippen LogP contribution in [0, 0.1) is 17.1 Å². The van der Waals surface area contributed by atoms with Gasteiger partial charge in [-0.3, -0.25) is 0 Å². The molecule has 0 atom stereocenters. The van der Waals surface area contributed by atoms with Crippen molar-refractivity contribution in [3.63, 3.8) is 0 Å². The third-order valence-electron chi connectivity index (χ3n) is 3.21. The minimum Gasteiger partial charge on any atom is -0.491 e. The lowest BCUT2D eigenvalue weighted by Crippen LogP contribution is -2.26. The second-order valence-electron chi connectivity index (χ2n) is 4.51. The summed E-state index contributed by atoms with van der Waals surface area (Å²) in [6, 6.07) is 10.1. The van der Waals surface area contributed by atoms with Crippen LogP contribution in [0.4, 0.5) is 10.2 Å². The maximum absolute atomic E-state index is 13.4. The van der Waals surface area contributed by atoms with Gasteiger partial charge in [0.1, 0.15) is 30.1 Å². The first-order chi connectivity index (χ1) is 9.78. The highest BCUT2D eigenvalue weighted by molar-refractivity contribution is 5.54. The summed E-state index contributed by atoms with van der Waals surface area (Å²) in [7, 11) is 0. The molecule has 0 aliphatic carbocycles. The van der Waals surface area contributed by atoms with Crippen molar-refractivity contribution in [3.8, 4) is 11.8 Å². The Balaban J connectivity index is 1.98. The second kappa shape index (κ2) is 5.17. The van der Waals surface area contributed by atoms with Crippen LogP contribution in [-0.4, -0.2) is 18.1 Å². The van der Waals surface area contributed by atoms with Crippen LogP contribution >= 0.6 is 0 Å². The first kappa shape index (κ1) is 12.4. The topological polar surface area (TPSA) is 49.2 Å². The van der Waals surface area contributed by atoms with E-state index in [1.165, 1.54) is 12.1 Å². The van der Waals surface area contributed by atoms with Gasteiger partial charge in [0.25, 0.3) is 0 Å². The Hall–Kier alpha value is -2.61. The highest BCUT2D eigenvalue weighted by atomic mass is 19.1. The number of hydrogen-bond acceptors (Lipinski definition) is 4. The molecule has 0 fully saturated rings. The molecular formula is C15H12FN3O. The predicted molar refractivity (Wildman–Crippen MR) is 71.9 cm³/mol. The van der Waals surface area contributed by atoms with E-state index in [0.717, 1.165) is 5.56 Å². The van der Waals surface area contributed by atoms with Gasteiger partial charge in [-0.1, -0.05) is 0 Å². The van der Waals surface area contributed by atoms with Gasteiger partial charge in [-0.05, 0) is 30.3 Å². The molecule has 0 spiro atoms. The largest absolute Gasteiger partial charge is 0.491 e. The molecule has 1 aliphatic rings. The fourth-order valence-electron chi connectivity index (χ4n) is 2.28. The summed E-state index contributed by atoms with van der Waals surface area (Å²) in [6.45, 7) is 1.54. The van der Waals surface area contributed by atoms with Gasteiger partial charge in [-0.15, -0.1) is 0 Å². The lowest BCUT2D eigenvalue weighted by atomic mass is 10.1. The smallest absolute Gasteiger partial charge is 0.146 e. The van der Waals surface area contributed by atoms with E-state index in [9.17, 15) is 4.39 Å². The minimum absolute atomic E-state index is 0.296. The average Bonchev–Trinajstić information content (AvgIpc) is 2.68. The Labute approximate surface area is 116 Å². The summed E-state index contributed by atoms with van der Waals surface area (Å²) in [6.07, 6.45) is 1.65. The van der Waals surface area contributed by atoms with Crippen molar-refractivity contribution in [1.29, 1.82) is 5.26 Å². The Morgan fingerprint density at radius 2 is 2.25 bits per heavy atom. The summed E-state index contributed by atoms with van der Waals surface area (Å²) in [4.78, 5) is 6.20. The number of rotatable bonds is 1. The standard InChI is InChI=1S/C15H12FN3O/c16-13-3-4-14-12(8-13)10-19(6-7-20-14)15-11(9-17)2-1-5-18-15/h1-5,8H,6-7,10H2. The molecule has 2 aromatic rings. The number of nitrogens with zero attached hydrogens (tertiary/aromatic N) is 3. The number of pyridine rings is 1. The fourth-order valence-corrected chi connectivity index (χ4v) is 2.28. The van der Waals surface area contributed by atoms with Gasteiger partial charge >= 0.3 is 0 Å². The van der Waals surface area contributed by atoms with E-state index < -0.39 is 0 Å². The maximum atomic E-state index is 13.4. The number of nitriles is 1. The van der Waals surface area contributed by atoms with E-state index in [4.69, 9.17) is 10.00 Å². The Bertz CT molecular complexity index is 681. The number of halogens is 1. The van der Waals surface area contributed by atoms with Crippen molar-refractivity contribution in [2.75, 3.05) is 18.1 Å². The summed E-state index contributed by atoms with van der Waals surface area (Å²) in [5.41, 5.74) is 1.27. The molecule has 1 aromatic carbocycles. The fraction of sp³-hybridized carbons (Fsp3) is 0.200. The van der Waals surface area contributed by atoms with E-state index in [0.29, 0.717) is 36.8 Å². The van der Waals surface area contributed by atoms with Crippen molar-refractivity contribution in [1.82, 2.24) is 4.98 Å². The van der Waals surface area contributed by atoms with Crippen LogP contribution in [0.3, 0.4) is 0 Å². The van der Waals surface area contributed by atoms with Gasteiger partial charge in [-0.2, -0.15) is 5.26 Å². The average molecular weight is 269 g/mol. The zero-order valence-corrected chi connectivity index (χ0v) is 10.7. The summed E-state index contributed by atoms with van der Waals surface area (Å²) >= 11 is 0. The van der Waals surface area contributed by atoms with Crippen LogP contribution < -0.4 is 9.64 Å². The Morgan fingerprint density at radius 1 is 1.35 bits per heavy atom. The summed E-state index contributed by atoms with van der Waals surface area (Å²) in [5.74, 6) is 0.995. The third kappa shape index (κ3) is 2.28. The molecule has 3 rings (SSSR count). The molecule has 20 heavy (non-hydrogen) atoms. The minimum atomic E-state index is -0.296.